The van der Waals surface area contributed by atoms with E-state index in [2.05, 4.69) is 19.2 Å². The van der Waals surface area contributed by atoms with E-state index >= 15 is 0 Å². The van der Waals surface area contributed by atoms with E-state index in [1.165, 1.54) is 12.1 Å². The van der Waals surface area contributed by atoms with E-state index in [9.17, 15) is 10.1 Å². The fraction of sp³-hybridized carbons (Fsp3) is 0.632. The molecule has 1 aromatic rings. The summed E-state index contributed by atoms with van der Waals surface area (Å²) >= 11 is 0. The zero-order valence-corrected chi connectivity index (χ0v) is 14.9. The van der Waals surface area contributed by atoms with Crippen LogP contribution in [0.4, 0.5) is 11.4 Å². The number of nitro groups is 1. The minimum Gasteiger partial charge on any atom is -0.379 e. The number of hydrogen-bond acceptors (Lipinski definition) is 5. The molecular formula is C19H25N3O3. The molecule has 1 spiro atoms. The van der Waals surface area contributed by atoms with Crippen LogP contribution in [0.3, 0.4) is 0 Å². The number of nitrogens with zero attached hydrogens (tertiary/aromatic N) is 2. The van der Waals surface area contributed by atoms with Crippen molar-refractivity contribution in [1.82, 2.24) is 0 Å². The Hall–Kier alpha value is -2.13. The van der Waals surface area contributed by atoms with Crippen LogP contribution in [-0.2, 0) is 4.74 Å². The molecule has 134 valence electrons. The molecule has 1 aromatic carbocycles. The number of nitrogens with one attached hydrogen (secondary N) is 1. The van der Waals surface area contributed by atoms with Crippen molar-refractivity contribution in [2.75, 3.05) is 18.5 Å². The van der Waals surface area contributed by atoms with E-state index in [4.69, 9.17) is 10.00 Å². The third-order valence-corrected chi connectivity index (χ3v) is 5.99. The molecule has 0 radical (unpaired) electrons. The molecule has 0 aromatic heterocycles. The lowest BCUT2D eigenvalue weighted by Gasteiger charge is -2.47. The SMILES string of the molecule is CC1(C)CCC2(CCCO2)CC1CNc1cc(C#N)ccc1[N+](=O)[O-]. The molecule has 3 rings (SSSR count). The van der Waals surface area contributed by atoms with Gasteiger partial charge in [0, 0.05) is 19.2 Å². The van der Waals surface area contributed by atoms with Crippen molar-refractivity contribution in [1.29, 1.82) is 5.26 Å². The van der Waals surface area contributed by atoms with Gasteiger partial charge in [-0.1, -0.05) is 13.8 Å². The van der Waals surface area contributed by atoms with Crippen molar-refractivity contribution < 1.29 is 9.66 Å². The summed E-state index contributed by atoms with van der Waals surface area (Å²) in [5, 5.41) is 23.6. The Morgan fingerprint density at radius 3 is 2.84 bits per heavy atom. The lowest BCUT2D eigenvalue weighted by molar-refractivity contribution is -0.384. The maximum Gasteiger partial charge on any atom is 0.292 e. The Bertz CT molecular complexity index is 702. The van der Waals surface area contributed by atoms with Crippen LogP contribution in [0.5, 0.6) is 0 Å². The van der Waals surface area contributed by atoms with E-state index in [1.807, 2.05) is 6.07 Å². The summed E-state index contributed by atoms with van der Waals surface area (Å²) in [5.74, 6) is 0.365. The van der Waals surface area contributed by atoms with Gasteiger partial charge in [-0.15, -0.1) is 0 Å². The van der Waals surface area contributed by atoms with Crippen LogP contribution in [0.2, 0.25) is 0 Å². The molecule has 2 aliphatic rings. The second-order valence-electron chi connectivity index (χ2n) is 8.01. The fourth-order valence-corrected chi connectivity index (χ4v) is 4.18. The van der Waals surface area contributed by atoms with Crippen molar-refractivity contribution >= 4 is 11.4 Å². The molecular weight excluding hydrogens is 318 g/mol. The van der Waals surface area contributed by atoms with Crippen molar-refractivity contribution in [2.24, 2.45) is 11.3 Å². The Morgan fingerprint density at radius 2 is 2.20 bits per heavy atom. The van der Waals surface area contributed by atoms with Crippen molar-refractivity contribution in [2.45, 2.75) is 51.6 Å². The Morgan fingerprint density at radius 1 is 1.40 bits per heavy atom. The predicted molar refractivity (Wildman–Crippen MR) is 95.3 cm³/mol. The summed E-state index contributed by atoms with van der Waals surface area (Å²) in [6.07, 6.45) is 5.42. The van der Waals surface area contributed by atoms with Crippen LogP contribution in [0.1, 0.15) is 51.5 Å². The highest BCUT2D eigenvalue weighted by Crippen LogP contribution is 2.49. The number of anilines is 1. The maximum absolute atomic E-state index is 11.3. The van der Waals surface area contributed by atoms with Gasteiger partial charge in [0.1, 0.15) is 5.69 Å². The van der Waals surface area contributed by atoms with Crippen LogP contribution in [-0.4, -0.2) is 23.7 Å². The molecule has 6 heteroatoms. The van der Waals surface area contributed by atoms with Crippen LogP contribution >= 0.6 is 0 Å². The molecule has 1 saturated carbocycles. The molecule has 25 heavy (non-hydrogen) atoms. The molecule has 1 heterocycles. The first-order valence-corrected chi connectivity index (χ1v) is 8.92. The second kappa shape index (κ2) is 6.64. The van der Waals surface area contributed by atoms with Crippen molar-refractivity contribution in [3.05, 3.63) is 33.9 Å². The first-order chi connectivity index (χ1) is 11.9. The standard InChI is InChI=1S/C19H25N3O3/c1-18(2)7-8-19(6-3-9-25-19)11-15(18)13-21-16-10-14(12-20)4-5-17(16)22(23)24/h4-5,10,15,21H,3,6-9,11,13H2,1-2H3. The average molecular weight is 343 g/mol. The maximum atomic E-state index is 11.3. The van der Waals surface area contributed by atoms with Gasteiger partial charge >= 0.3 is 0 Å². The molecule has 1 N–H and O–H groups in total. The summed E-state index contributed by atoms with van der Waals surface area (Å²) in [7, 11) is 0. The smallest absolute Gasteiger partial charge is 0.292 e. The lowest BCUT2D eigenvalue weighted by atomic mass is 9.63. The number of nitro benzene ring substituents is 1. The number of rotatable bonds is 4. The van der Waals surface area contributed by atoms with Gasteiger partial charge in [0.25, 0.3) is 5.69 Å². The summed E-state index contributed by atoms with van der Waals surface area (Å²) in [5.41, 5.74) is 1.02. The van der Waals surface area contributed by atoms with Gasteiger partial charge < -0.3 is 10.1 Å². The van der Waals surface area contributed by atoms with Crippen LogP contribution in [0, 0.1) is 32.8 Å². The zero-order valence-electron chi connectivity index (χ0n) is 14.9. The topological polar surface area (TPSA) is 88.2 Å². The normalized spacial score (nSPS) is 27.8. The molecule has 1 aliphatic heterocycles. The lowest BCUT2D eigenvalue weighted by Crippen LogP contribution is -2.45. The van der Waals surface area contributed by atoms with Gasteiger partial charge in [-0.05, 0) is 55.6 Å². The highest BCUT2D eigenvalue weighted by Gasteiger charge is 2.46. The minimum absolute atomic E-state index is 0.00228. The summed E-state index contributed by atoms with van der Waals surface area (Å²) < 4.78 is 6.08. The first kappa shape index (κ1) is 17.7. The number of nitriles is 1. The van der Waals surface area contributed by atoms with E-state index in [0.717, 1.165) is 38.7 Å². The monoisotopic (exact) mass is 343 g/mol. The minimum atomic E-state index is -0.406. The number of benzene rings is 1. The average Bonchev–Trinajstić information content (AvgIpc) is 3.04. The first-order valence-electron chi connectivity index (χ1n) is 8.92. The Labute approximate surface area is 148 Å². The molecule has 2 unspecified atom stereocenters. The van der Waals surface area contributed by atoms with E-state index in [0.29, 0.717) is 23.7 Å². The van der Waals surface area contributed by atoms with E-state index < -0.39 is 4.92 Å². The van der Waals surface area contributed by atoms with Gasteiger partial charge in [-0.2, -0.15) is 5.26 Å². The zero-order chi connectivity index (χ0) is 18.1. The van der Waals surface area contributed by atoms with Crippen molar-refractivity contribution in [3.63, 3.8) is 0 Å². The van der Waals surface area contributed by atoms with Crippen LogP contribution in [0.25, 0.3) is 0 Å². The van der Waals surface area contributed by atoms with Gasteiger partial charge in [0.15, 0.2) is 0 Å². The predicted octanol–water partition coefficient (Wildman–Crippen LogP) is 4.25. The van der Waals surface area contributed by atoms with Gasteiger partial charge in [-0.3, -0.25) is 10.1 Å². The van der Waals surface area contributed by atoms with E-state index in [-0.39, 0.29) is 16.7 Å². The van der Waals surface area contributed by atoms with Crippen LogP contribution in [0.15, 0.2) is 18.2 Å². The third-order valence-electron chi connectivity index (χ3n) is 5.99. The van der Waals surface area contributed by atoms with Crippen LogP contribution < -0.4 is 5.32 Å². The van der Waals surface area contributed by atoms with Crippen molar-refractivity contribution in [3.8, 4) is 6.07 Å². The highest BCUT2D eigenvalue weighted by atomic mass is 16.6. The molecule has 0 amide bonds. The number of hydrogen-bond donors (Lipinski definition) is 1. The Balaban J connectivity index is 1.77. The van der Waals surface area contributed by atoms with Gasteiger partial charge in [0.05, 0.1) is 22.2 Å². The van der Waals surface area contributed by atoms with E-state index in [1.54, 1.807) is 6.07 Å². The molecule has 2 atom stereocenters. The summed E-state index contributed by atoms with van der Waals surface area (Å²) in [6, 6.07) is 6.49. The Kier molecular flexibility index (Phi) is 4.70. The highest BCUT2D eigenvalue weighted by molar-refractivity contribution is 5.64. The molecule has 6 nitrogen and oxygen atoms in total. The molecule has 0 bridgehead atoms. The quantitative estimate of drug-likeness (QED) is 0.652. The summed E-state index contributed by atoms with van der Waals surface area (Å²) in [4.78, 5) is 10.9. The molecule has 2 fully saturated rings. The third kappa shape index (κ3) is 3.62. The fourth-order valence-electron chi connectivity index (χ4n) is 4.18. The van der Waals surface area contributed by atoms with Gasteiger partial charge in [0.2, 0.25) is 0 Å². The second-order valence-corrected chi connectivity index (χ2v) is 8.01. The van der Waals surface area contributed by atoms with Gasteiger partial charge in [-0.25, -0.2) is 0 Å². The molecule has 1 saturated heterocycles. The summed E-state index contributed by atoms with van der Waals surface area (Å²) in [6.45, 7) is 6.02. The largest absolute Gasteiger partial charge is 0.379 e. The molecule has 1 aliphatic carbocycles. The number of ether oxygens (including phenoxy) is 1.